The summed E-state index contributed by atoms with van der Waals surface area (Å²) in [7, 11) is -2.02. The van der Waals surface area contributed by atoms with Crippen molar-refractivity contribution >= 4 is 64.3 Å². The van der Waals surface area contributed by atoms with Crippen molar-refractivity contribution in [3.05, 3.63) is 180 Å². The van der Waals surface area contributed by atoms with Crippen LogP contribution >= 0.6 is 10.7 Å². The number of sulfone groups is 1. The summed E-state index contributed by atoms with van der Waals surface area (Å²) in [6.07, 6.45) is 6.84. The van der Waals surface area contributed by atoms with E-state index in [1.54, 1.807) is 43.0 Å². The topological polar surface area (TPSA) is 231 Å². The van der Waals surface area contributed by atoms with Gasteiger partial charge in [0.1, 0.15) is 11.6 Å². The number of rotatable bonds is 18. The standard InChI is InChI=1S/C26H25FN2O5S.C22H18ClFN2O4S.C3H7NO/c27-22-5-3-20(4-6-22)25(30)13-21(12-18-2-1-11-28-14-18)26(31)29-23-7-9-24(10-8-23)35(32,33)17-19-15-34-16-19;23-31(29,30)20-9-7-19(8-10-20)26-22(28)17(12-15-2-1-11-25-14-15)13-21(27)16-3-5-18(24)6-4-16;4-3-1-5-2-3/h1-11,14,19,21H,12-13,15-17H2,(H,29,31);1-11,14,17H,12-13H2,(H,26,28);3H,1-2,4H2/t21-;17-;/m11./s1. The molecule has 0 bridgehead atoms. The highest BCUT2D eigenvalue weighted by atomic mass is 35.7. The van der Waals surface area contributed by atoms with E-state index in [-0.39, 0.29) is 64.6 Å². The molecule has 2 saturated heterocycles. The Morgan fingerprint density at radius 1 is 0.606 bits per heavy atom. The molecular formula is C51H50ClF2N5O10S2. The van der Waals surface area contributed by atoms with E-state index in [9.17, 15) is 44.8 Å². The fourth-order valence-corrected chi connectivity index (χ4v) is 9.38. The van der Waals surface area contributed by atoms with Gasteiger partial charge in [0.15, 0.2) is 21.4 Å². The van der Waals surface area contributed by atoms with Crippen LogP contribution in [0.2, 0.25) is 0 Å². The Morgan fingerprint density at radius 3 is 1.32 bits per heavy atom. The zero-order chi connectivity index (χ0) is 51.0. The summed E-state index contributed by atoms with van der Waals surface area (Å²) in [6, 6.07) is 29.2. The van der Waals surface area contributed by atoms with Crippen LogP contribution in [-0.4, -0.2) is 88.4 Å². The SMILES string of the molecule is NC1COC1.O=C(C[C@@H](Cc1cccnc1)C(=O)Nc1ccc(S(=O)(=O)CC2COC2)cc1)c1ccc(F)cc1.O=C(C[C@@H](Cc1cccnc1)C(=O)Nc1ccc(S(=O)(=O)Cl)cc1)c1ccc(F)cc1. The van der Waals surface area contributed by atoms with E-state index in [4.69, 9.17) is 25.9 Å². The number of Topliss-reactive ketones (excluding diaryl/α,β-unsaturated/α-hetero) is 2. The molecule has 71 heavy (non-hydrogen) atoms. The molecule has 0 spiro atoms. The number of pyridine rings is 2. The third kappa shape index (κ3) is 17.0. The number of amides is 2. The second kappa shape index (κ2) is 25.5. The van der Waals surface area contributed by atoms with Crippen LogP contribution in [-0.2, 0) is 50.8 Å². The van der Waals surface area contributed by atoms with Gasteiger partial charge in [-0.25, -0.2) is 25.6 Å². The molecule has 20 heteroatoms. The molecule has 4 aromatic carbocycles. The van der Waals surface area contributed by atoms with Crippen molar-refractivity contribution in [2.75, 3.05) is 42.8 Å². The van der Waals surface area contributed by atoms with Crippen LogP contribution in [0.25, 0.3) is 0 Å². The third-order valence-electron chi connectivity index (χ3n) is 11.1. The first-order valence-corrected chi connectivity index (χ1v) is 26.1. The number of ketones is 2. The van der Waals surface area contributed by atoms with E-state index in [2.05, 4.69) is 20.6 Å². The van der Waals surface area contributed by atoms with Gasteiger partial charge >= 0.3 is 0 Å². The van der Waals surface area contributed by atoms with Gasteiger partial charge in [0, 0.05) is 88.6 Å². The molecule has 15 nitrogen and oxygen atoms in total. The lowest BCUT2D eigenvalue weighted by Crippen LogP contribution is -2.41. The summed E-state index contributed by atoms with van der Waals surface area (Å²) in [4.78, 5) is 59.7. The number of anilines is 2. The predicted molar refractivity (Wildman–Crippen MR) is 262 cm³/mol. The largest absolute Gasteiger partial charge is 0.381 e. The fourth-order valence-electron chi connectivity index (χ4n) is 7.05. The summed E-state index contributed by atoms with van der Waals surface area (Å²) in [5, 5.41) is 5.48. The van der Waals surface area contributed by atoms with Gasteiger partial charge < -0.3 is 25.8 Å². The van der Waals surface area contributed by atoms with Crippen LogP contribution in [0.3, 0.4) is 0 Å². The molecule has 0 unspecified atom stereocenters. The number of nitrogens with zero attached hydrogens (tertiary/aromatic N) is 2. The van der Waals surface area contributed by atoms with Gasteiger partial charge in [-0.1, -0.05) is 12.1 Å². The first-order valence-electron chi connectivity index (χ1n) is 22.2. The maximum Gasteiger partial charge on any atom is 0.261 e. The van der Waals surface area contributed by atoms with Crippen molar-refractivity contribution < 1.29 is 54.3 Å². The van der Waals surface area contributed by atoms with E-state index in [1.807, 2.05) is 6.07 Å². The van der Waals surface area contributed by atoms with Crippen LogP contribution < -0.4 is 16.4 Å². The Kier molecular flexibility index (Phi) is 19.3. The minimum Gasteiger partial charge on any atom is -0.381 e. The van der Waals surface area contributed by atoms with Gasteiger partial charge in [0.2, 0.25) is 11.8 Å². The van der Waals surface area contributed by atoms with Crippen molar-refractivity contribution in [1.29, 1.82) is 0 Å². The van der Waals surface area contributed by atoms with E-state index in [0.717, 1.165) is 24.3 Å². The molecule has 4 N–H and O–H groups in total. The monoisotopic (exact) mass is 1030 g/mol. The van der Waals surface area contributed by atoms with Crippen LogP contribution in [0.5, 0.6) is 0 Å². The molecule has 2 aliphatic rings. The molecule has 0 saturated carbocycles. The average Bonchev–Trinajstić information content (AvgIpc) is 3.33. The lowest BCUT2D eigenvalue weighted by molar-refractivity contribution is -0.120. The van der Waals surface area contributed by atoms with Crippen LogP contribution in [0, 0.1) is 29.4 Å². The van der Waals surface area contributed by atoms with Gasteiger partial charge in [0.05, 0.1) is 48.0 Å². The number of halogens is 3. The molecule has 0 aliphatic carbocycles. The first-order chi connectivity index (χ1) is 33.9. The molecule has 2 aliphatic heterocycles. The van der Waals surface area contributed by atoms with E-state index < -0.39 is 48.3 Å². The molecule has 2 fully saturated rings. The molecule has 2 aromatic heterocycles. The van der Waals surface area contributed by atoms with E-state index in [0.29, 0.717) is 41.8 Å². The van der Waals surface area contributed by atoms with Crippen molar-refractivity contribution in [2.24, 2.45) is 23.5 Å². The van der Waals surface area contributed by atoms with Gasteiger partial charge in [-0.3, -0.25) is 29.1 Å². The highest BCUT2D eigenvalue weighted by Crippen LogP contribution is 2.24. The minimum atomic E-state index is -3.87. The van der Waals surface area contributed by atoms with E-state index in [1.165, 1.54) is 97.1 Å². The Balaban J connectivity index is 0.000000212. The molecule has 0 radical (unpaired) electrons. The third-order valence-corrected chi connectivity index (χ3v) is 14.3. The molecule has 2 amide bonds. The van der Waals surface area contributed by atoms with Crippen LogP contribution in [0.4, 0.5) is 20.2 Å². The first kappa shape index (κ1) is 53.7. The Labute approximate surface area is 414 Å². The molecular weight excluding hydrogens is 980 g/mol. The number of carbonyl (C=O) groups excluding carboxylic acids is 4. The van der Waals surface area contributed by atoms with Crippen molar-refractivity contribution in [3.63, 3.8) is 0 Å². The zero-order valence-electron chi connectivity index (χ0n) is 38.0. The summed E-state index contributed by atoms with van der Waals surface area (Å²) >= 11 is 0. The van der Waals surface area contributed by atoms with Gasteiger partial charge in [-0.15, -0.1) is 0 Å². The number of hydrogen-bond donors (Lipinski definition) is 3. The van der Waals surface area contributed by atoms with E-state index >= 15 is 0 Å². The number of carbonyl (C=O) groups is 4. The lowest BCUT2D eigenvalue weighted by atomic mass is 9.91. The average molecular weight is 1030 g/mol. The second-order valence-electron chi connectivity index (χ2n) is 16.7. The molecule has 2 atom stereocenters. The van der Waals surface area contributed by atoms with Crippen molar-refractivity contribution in [1.82, 2.24) is 9.97 Å². The summed E-state index contributed by atoms with van der Waals surface area (Å²) < 4.78 is 84.0. The predicted octanol–water partition coefficient (Wildman–Crippen LogP) is 7.27. The number of aromatic nitrogens is 2. The highest BCUT2D eigenvalue weighted by molar-refractivity contribution is 8.13. The number of nitrogens with one attached hydrogen (secondary N) is 2. The lowest BCUT2D eigenvalue weighted by Gasteiger charge is -2.25. The fraction of sp³-hybridized carbons (Fsp3) is 0.255. The summed E-state index contributed by atoms with van der Waals surface area (Å²) in [5.74, 6) is -3.68. The Morgan fingerprint density at radius 2 is 1.00 bits per heavy atom. The summed E-state index contributed by atoms with van der Waals surface area (Å²) in [6.45, 7) is 2.42. The number of hydrogen-bond acceptors (Lipinski definition) is 13. The smallest absolute Gasteiger partial charge is 0.261 e. The molecule has 6 aromatic rings. The van der Waals surface area contributed by atoms with Crippen molar-refractivity contribution in [2.45, 2.75) is 41.5 Å². The molecule has 4 heterocycles. The zero-order valence-corrected chi connectivity index (χ0v) is 40.4. The number of ether oxygens (including phenoxy) is 2. The number of benzene rings is 4. The summed E-state index contributed by atoms with van der Waals surface area (Å²) in [5.41, 5.74) is 8.23. The Hall–Kier alpha value is -6.61. The quantitative estimate of drug-likeness (QED) is 0.0569. The van der Waals surface area contributed by atoms with Gasteiger partial charge in [-0.2, -0.15) is 0 Å². The maximum absolute atomic E-state index is 13.2. The van der Waals surface area contributed by atoms with Crippen LogP contribution in [0.15, 0.2) is 156 Å². The second-order valence-corrected chi connectivity index (χ2v) is 21.3. The Bertz CT molecular complexity index is 2950. The highest BCUT2D eigenvalue weighted by Gasteiger charge is 2.28. The molecule has 372 valence electrons. The molecule has 8 rings (SSSR count). The maximum atomic E-state index is 13.2. The van der Waals surface area contributed by atoms with Gasteiger partial charge in [0.25, 0.3) is 9.05 Å². The van der Waals surface area contributed by atoms with Gasteiger partial charge in [-0.05, 0) is 133 Å². The minimum absolute atomic E-state index is 0.00579. The normalized spacial score (nSPS) is 14.4. The van der Waals surface area contributed by atoms with Crippen molar-refractivity contribution in [3.8, 4) is 0 Å². The number of nitrogens with two attached hydrogens (primary N) is 1. The van der Waals surface area contributed by atoms with Crippen LogP contribution in [0.1, 0.15) is 44.7 Å².